The first kappa shape index (κ1) is 13.9. The average Bonchev–Trinajstić information content (AvgIpc) is 2.90. The van der Waals surface area contributed by atoms with Gasteiger partial charge in [-0.05, 0) is 36.4 Å². The molecule has 0 amide bonds. The quantitative estimate of drug-likeness (QED) is 0.423. The molecule has 0 saturated heterocycles. The summed E-state index contributed by atoms with van der Waals surface area (Å²) in [5, 5.41) is 4.33. The maximum atomic E-state index is 13.2. The first-order valence-electron chi connectivity index (χ1n) is 6.47. The summed E-state index contributed by atoms with van der Waals surface area (Å²) >= 11 is 0. The maximum absolute atomic E-state index is 13.2. The second-order valence-electron chi connectivity index (χ2n) is 4.77. The third-order valence-corrected chi connectivity index (χ3v) is 3.11. The highest BCUT2D eigenvalue weighted by molar-refractivity contribution is 6.07. The number of carbonyl (C=O) groups excluding carboxylic acids is 1. The van der Waals surface area contributed by atoms with Gasteiger partial charge >= 0.3 is 5.63 Å². The Bertz CT molecular complexity index is 953. The molecule has 2 heterocycles. The van der Waals surface area contributed by atoms with Gasteiger partial charge in [0.05, 0.1) is 6.20 Å². The lowest BCUT2D eigenvalue weighted by atomic mass is 10.1. The zero-order valence-electron chi connectivity index (χ0n) is 11.6. The van der Waals surface area contributed by atoms with E-state index in [0.717, 1.165) is 5.56 Å². The second-order valence-corrected chi connectivity index (χ2v) is 4.77. The molecule has 0 bridgehead atoms. The van der Waals surface area contributed by atoms with Crippen LogP contribution in [-0.4, -0.2) is 15.6 Å². The molecule has 2 aromatic heterocycles. The Hall–Kier alpha value is -3.02. The Labute approximate surface area is 124 Å². The molecular formula is C16H11FN2O3. The van der Waals surface area contributed by atoms with Gasteiger partial charge < -0.3 is 4.42 Å². The van der Waals surface area contributed by atoms with Crippen LogP contribution in [0.25, 0.3) is 17.0 Å². The van der Waals surface area contributed by atoms with Crippen LogP contribution in [0.2, 0.25) is 0 Å². The Morgan fingerprint density at radius 2 is 2.18 bits per heavy atom. The fourth-order valence-corrected chi connectivity index (χ4v) is 2.05. The van der Waals surface area contributed by atoms with E-state index in [1.165, 1.54) is 30.3 Å². The van der Waals surface area contributed by atoms with Gasteiger partial charge in [0.2, 0.25) is 0 Å². The van der Waals surface area contributed by atoms with Crippen LogP contribution in [0.15, 0.2) is 51.9 Å². The number of hydrogen-bond acceptors (Lipinski definition) is 4. The molecule has 6 heteroatoms. The third kappa shape index (κ3) is 2.71. The van der Waals surface area contributed by atoms with Crippen molar-refractivity contribution in [2.24, 2.45) is 7.05 Å². The molecule has 0 atom stereocenters. The van der Waals surface area contributed by atoms with Crippen LogP contribution in [0.1, 0.15) is 15.9 Å². The minimum atomic E-state index is -0.750. The van der Waals surface area contributed by atoms with Crippen molar-refractivity contribution in [2.75, 3.05) is 0 Å². The molecule has 22 heavy (non-hydrogen) atoms. The molecule has 0 fully saturated rings. The molecule has 110 valence electrons. The van der Waals surface area contributed by atoms with Gasteiger partial charge in [0.15, 0.2) is 5.78 Å². The van der Waals surface area contributed by atoms with Gasteiger partial charge in [0, 0.05) is 24.2 Å². The van der Waals surface area contributed by atoms with Gasteiger partial charge in [0.1, 0.15) is 17.0 Å². The number of fused-ring (bicyclic) bond motifs is 1. The number of nitrogens with zero attached hydrogens (tertiary/aromatic N) is 2. The number of allylic oxidation sites excluding steroid dienone is 1. The SMILES string of the molecule is Cn1cc(/C=C/C(=O)c2cc3cc(F)ccc3oc2=O)cn1. The monoisotopic (exact) mass is 298 g/mol. The van der Waals surface area contributed by atoms with Crippen molar-refractivity contribution in [1.82, 2.24) is 9.78 Å². The van der Waals surface area contributed by atoms with Gasteiger partial charge in [-0.2, -0.15) is 5.10 Å². The highest BCUT2D eigenvalue weighted by atomic mass is 19.1. The van der Waals surface area contributed by atoms with E-state index in [4.69, 9.17) is 4.42 Å². The number of ketones is 1. The Morgan fingerprint density at radius 3 is 2.91 bits per heavy atom. The van der Waals surface area contributed by atoms with E-state index >= 15 is 0 Å². The molecule has 0 unspecified atom stereocenters. The van der Waals surface area contributed by atoms with Crippen LogP contribution in [0.5, 0.6) is 0 Å². The Kier molecular flexibility index (Phi) is 3.42. The zero-order valence-corrected chi connectivity index (χ0v) is 11.6. The predicted molar refractivity (Wildman–Crippen MR) is 79.0 cm³/mol. The number of hydrogen-bond donors (Lipinski definition) is 0. The number of aryl methyl sites for hydroxylation is 1. The highest BCUT2D eigenvalue weighted by Crippen LogP contribution is 2.15. The van der Waals surface area contributed by atoms with Crippen molar-refractivity contribution in [1.29, 1.82) is 0 Å². The molecule has 5 nitrogen and oxygen atoms in total. The van der Waals surface area contributed by atoms with E-state index in [-0.39, 0.29) is 11.1 Å². The van der Waals surface area contributed by atoms with Crippen LogP contribution in [0, 0.1) is 5.82 Å². The van der Waals surface area contributed by atoms with Crippen molar-refractivity contribution < 1.29 is 13.6 Å². The van der Waals surface area contributed by atoms with E-state index < -0.39 is 17.2 Å². The average molecular weight is 298 g/mol. The smallest absolute Gasteiger partial charge is 0.347 e. The topological polar surface area (TPSA) is 65.1 Å². The lowest BCUT2D eigenvalue weighted by molar-refractivity contribution is 0.104. The first-order valence-corrected chi connectivity index (χ1v) is 6.47. The molecule has 0 aliphatic heterocycles. The summed E-state index contributed by atoms with van der Waals surface area (Å²) in [6.07, 6.45) is 6.11. The summed E-state index contributed by atoms with van der Waals surface area (Å²) in [5.41, 5.74) is 0.0736. The predicted octanol–water partition coefficient (Wildman–Crippen LogP) is 2.56. The maximum Gasteiger partial charge on any atom is 0.347 e. The number of rotatable bonds is 3. The van der Waals surface area contributed by atoms with E-state index in [1.54, 1.807) is 30.2 Å². The fourth-order valence-electron chi connectivity index (χ4n) is 2.05. The molecule has 0 radical (unpaired) electrons. The Morgan fingerprint density at radius 1 is 1.36 bits per heavy atom. The Balaban J connectivity index is 1.98. The second kappa shape index (κ2) is 5.40. The number of benzene rings is 1. The van der Waals surface area contributed by atoms with Gasteiger partial charge in [-0.15, -0.1) is 0 Å². The zero-order chi connectivity index (χ0) is 15.7. The van der Waals surface area contributed by atoms with E-state index in [2.05, 4.69) is 5.10 Å². The van der Waals surface area contributed by atoms with Crippen molar-refractivity contribution >= 4 is 22.8 Å². The minimum absolute atomic E-state index is 0.141. The molecule has 0 saturated carbocycles. The van der Waals surface area contributed by atoms with Gasteiger partial charge in [-0.3, -0.25) is 9.48 Å². The number of halogens is 1. The number of aromatic nitrogens is 2. The molecule has 0 aliphatic rings. The molecule has 1 aromatic carbocycles. The molecular weight excluding hydrogens is 287 g/mol. The first-order chi connectivity index (χ1) is 10.5. The van der Waals surface area contributed by atoms with Crippen molar-refractivity contribution in [3.8, 4) is 0 Å². The van der Waals surface area contributed by atoms with Gasteiger partial charge in [-0.1, -0.05) is 0 Å². The number of carbonyl (C=O) groups is 1. The van der Waals surface area contributed by atoms with Gasteiger partial charge in [0.25, 0.3) is 0 Å². The lowest BCUT2D eigenvalue weighted by Gasteiger charge is -1.99. The van der Waals surface area contributed by atoms with Gasteiger partial charge in [-0.25, -0.2) is 9.18 Å². The molecule has 3 aromatic rings. The lowest BCUT2D eigenvalue weighted by Crippen LogP contribution is -2.11. The molecule has 0 aliphatic carbocycles. The van der Waals surface area contributed by atoms with Crippen molar-refractivity contribution in [3.05, 3.63) is 70.1 Å². The van der Waals surface area contributed by atoms with E-state index in [0.29, 0.717) is 5.39 Å². The van der Waals surface area contributed by atoms with Crippen LogP contribution in [0.3, 0.4) is 0 Å². The van der Waals surface area contributed by atoms with Crippen LogP contribution in [-0.2, 0) is 7.05 Å². The van der Waals surface area contributed by atoms with Crippen LogP contribution in [0.4, 0.5) is 4.39 Å². The third-order valence-electron chi connectivity index (χ3n) is 3.11. The molecule has 0 spiro atoms. The summed E-state index contributed by atoms with van der Waals surface area (Å²) in [6.45, 7) is 0. The minimum Gasteiger partial charge on any atom is -0.422 e. The van der Waals surface area contributed by atoms with Crippen LogP contribution >= 0.6 is 0 Å². The molecule has 3 rings (SSSR count). The van der Waals surface area contributed by atoms with E-state index in [1.807, 2.05) is 0 Å². The highest BCUT2D eigenvalue weighted by Gasteiger charge is 2.11. The normalized spacial score (nSPS) is 11.4. The largest absolute Gasteiger partial charge is 0.422 e. The van der Waals surface area contributed by atoms with E-state index in [9.17, 15) is 14.0 Å². The summed E-state index contributed by atoms with van der Waals surface area (Å²) < 4.78 is 19.8. The van der Waals surface area contributed by atoms with Crippen LogP contribution < -0.4 is 5.63 Å². The van der Waals surface area contributed by atoms with Crippen molar-refractivity contribution in [3.63, 3.8) is 0 Å². The summed E-state index contributed by atoms with van der Waals surface area (Å²) in [7, 11) is 1.76. The molecule has 0 N–H and O–H groups in total. The summed E-state index contributed by atoms with van der Waals surface area (Å²) in [6, 6.07) is 5.08. The summed E-state index contributed by atoms with van der Waals surface area (Å²) in [5.74, 6) is -0.977. The standard InChI is InChI=1S/C16H11FN2O3/c1-19-9-10(8-18-19)2-4-14(20)13-7-11-6-12(17)3-5-15(11)22-16(13)21/h2-9H,1H3/b4-2+. The van der Waals surface area contributed by atoms with Crippen molar-refractivity contribution in [2.45, 2.75) is 0 Å². The summed E-state index contributed by atoms with van der Waals surface area (Å²) in [4.78, 5) is 23.9. The fraction of sp³-hybridized carbons (Fsp3) is 0.0625.